The lowest BCUT2D eigenvalue weighted by atomic mass is 9.78. The molecule has 2 aromatic carbocycles. The number of benzene rings is 2. The van der Waals surface area contributed by atoms with Crippen LogP contribution in [0.25, 0.3) is 0 Å². The van der Waals surface area contributed by atoms with E-state index in [0.717, 1.165) is 12.8 Å². The lowest BCUT2D eigenvalue weighted by Crippen LogP contribution is -2.38. The van der Waals surface area contributed by atoms with E-state index in [-0.39, 0.29) is 11.7 Å². The molecule has 1 N–H and O–H groups in total. The fourth-order valence-corrected chi connectivity index (χ4v) is 3.23. The third kappa shape index (κ3) is 2.73. The Balaban J connectivity index is 1.92. The Morgan fingerprint density at radius 3 is 2.23 bits per heavy atom. The average molecular weight is 301 g/mol. The van der Waals surface area contributed by atoms with E-state index in [1.165, 1.54) is 24.3 Å². The number of rotatable bonds is 3. The maximum atomic E-state index is 13.6. The summed E-state index contributed by atoms with van der Waals surface area (Å²) in [7, 11) is 0. The van der Waals surface area contributed by atoms with Crippen molar-refractivity contribution in [3.05, 3.63) is 65.7 Å². The van der Waals surface area contributed by atoms with E-state index in [4.69, 9.17) is 0 Å². The van der Waals surface area contributed by atoms with Gasteiger partial charge in [-0.3, -0.25) is 4.79 Å². The molecule has 0 spiro atoms. The Labute approximate surface area is 128 Å². The van der Waals surface area contributed by atoms with Crippen molar-refractivity contribution >= 4 is 11.6 Å². The quantitative estimate of drug-likeness (QED) is 0.893. The first kappa shape index (κ1) is 14.7. The van der Waals surface area contributed by atoms with Gasteiger partial charge in [0.25, 0.3) is 0 Å². The topological polar surface area (TPSA) is 29.1 Å². The molecule has 0 aliphatic heterocycles. The van der Waals surface area contributed by atoms with Gasteiger partial charge in [-0.2, -0.15) is 0 Å². The zero-order chi connectivity index (χ0) is 15.6. The molecule has 0 saturated heterocycles. The summed E-state index contributed by atoms with van der Waals surface area (Å²) in [5, 5.41) is 2.78. The summed E-state index contributed by atoms with van der Waals surface area (Å²) in [6.07, 6.45) is 3.20. The van der Waals surface area contributed by atoms with Crippen LogP contribution in [0.5, 0.6) is 0 Å². The molecule has 4 heteroatoms. The molecular formula is C18H17F2NO. The second-order valence-electron chi connectivity index (χ2n) is 5.76. The lowest BCUT2D eigenvalue weighted by molar-refractivity contribution is -0.121. The number of nitrogens with one attached hydrogen (secondary N) is 1. The minimum Gasteiger partial charge on any atom is -0.325 e. The van der Waals surface area contributed by atoms with Crippen LogP contribution in [0.4, 0.5) is 14.5 Å². The van der Waals surface area contributed by atoms with Crippen molar-refractivity contribution in [3.63, 3.8) is 0 Å². The molecule has 0 aromatic heterocycles. The van der Waals surface area contributed by atoms with Crippen molar-refractivity contribution in [2.75, 3.05) is 5.32 Å². The predicted octanol–water partition coefficient (Wildman–Crippen LogP) is 4.42. The minimum absolute atomic E-state index is 0.193. The summed E-state index contributed by atoms with van der Waals surface area (Å²) in [5.41, 5.74) is 0.389. The van der Waals surface area contributed by atoms with Crippen LogP contribution in [-0.2, 0) is 10.2 Å². The molecule has 2 aromatic rings. The van der Waals surface area contributed by atoms with E-state index in [1.54, 1.807) is 24.3 Å². The van der Waals surface area contributed by atoms with Crippen LogP contribution in [0.15, 0.2) is 48.5 Å². The van der Waals surface area contributed by atoms with Crippen molar-refractivity contribution < 1.29 is 13.6 Å². The molecule has 0 bridgehead atoms. The number of hydrogen-bond donors (Lipinski definition) is 1. The predicted molar refractivity (Wildman–Crippen MR) is 81.6 cm³/mol. The van der Waals surface area contributed by atoms with Gasteiger partial charge in [0.05, 0.1) is 5.41 Å². The van der Waals surface area contributed by atoms with E-state index in [0.29, 0.717) is 24.1 Å². The molecule has 0 unspecified atom stereocenters. The monoisotopic (exact) mass is 301 g/mol. The van der Waals surface area contributed by atoms with E-state index in [9.17, 15) is 13.6 Å². The van der Waals surface area contributed by atoms with E-state index in [2.05, 4.69) is 5.32 Å². The van der Waals surface area contributed by atoms with Crippen molar-refractivity contribution in [2.45, 2.75) is 31.1 Å². The molecule has 1 aliphatic carbocycles. The second kappa shape index (κ2) is 5.87. The van der Waals surface area contributed by atoms with E-state index < -0.39 is 11.2 Å². The zero-order valence-electron chi connectivity index (χ0n) is 12.1. The van der Waals surface area contributed by atoms with Crippen LogP contribution >= 0.6 is 0 Å². The van der Waals surface area contributed by atoms with Gasteiger partial charge in [0.2, 0.25) is 5.91 Å². The van der Waals surface area contributed by atoms with Gasteiger partial charge in [-0.15, -0.1) is 0 Å². The summed E-state index contributed by atoms with van der Waals surface area (Å²) in [5.74, 6) is -0.937. The molecule has 22 heavy (non-hydrogen) atoms. The van der Waals surface area contributed by atoms with Crippen LogP contribution in [0, 0.1) is 11.6 Å². The number of hydrogen-bond acceptors (Lipinski definition) is 1. The standard InChI is InChI=1S/C18H17F2NO/c19-14-6-3-5-13(11-14)18(9-1-2-10-18)17(22)21-16-8-4-7-15(20)12-16/h3-8,11-12H,1-2,9-10H2,(H,21,22). The third-order valence-electron chi connectivity index (χ3n) is 4.35. The van der Waals surface area contributed by atoms with Gasteiger partial charge < -0.3 is 5.32 Å². The number of halogens is 2. The zero-order valence-corrected chi connectivity index (χ0v) is 12.1. The maximum absolute atomic E-state index is 13.6. The summed E-state index contributed by atoms with van der Waals surface area (Å²) < 4.78 is 26.8. The largest absolute Gasteiger partial charge is 0.325 e. The minimum atomic E-state index is -0.728. The van der Waals surface area contributed by atoms with E-state index >= 15 is 0 Å². The molecule has 3 rings (SSSR count). The molecule has 2 nitrogen and oxygen atoms in total. The van der Waals surface area contributed by atoms with Gasteiger partial charge in [-0.05, 0) is 48.7 Å². The molecular weight excluding hydrogens is 284 g/mol. The Hall–Kier alpha value is -2.23. The Bertz CT molecular complexity index is 693. The lowest BCUT2D eigenvalue weighted by Gasteiger charge is -2.28. The molecule has 0 heterocycles. The van der Waals surface area contributed by atoms with Crippen molar-refractivity contribution in [2.24, 2.45) is 0 Å². The highest BCUT2D eigenvalue weighted by atomic mass is 19.1. The van der Waals surface area contributed by atoms with Gasteiger partial charge >= 0.3 is 0 Å². The second-order valence-corrected chi connectivity index (χ2v) is 5.76. The van der Waals surface area contributed by atoms with E-state index in [1.807, 2.05) is 0 Å². The molecule has 1 fully saturated rings. The smallest absolute Gasteiger partial charge is 0.235 e. The van der Waals surface area contributed by atoms with Crippen LogP contribution < -0.4 is 5.32 Å². The first-order valence-electron chi connectivity index (χ1n) is 7.43. The summed E-state index contributed by atoms with van der Waals surface area (Å²) in [6.45, 7) is 0. The highest BCUT2D eigenvalue weighted by Crippen LogP contribution is 2.42. The maximum Gasteiger partial charge on any atom is 0.235 e. The fourth-order valence-electron chi connectivity index (χ4n) is 3.23. The Kier molecular flexibility index (Phi) is 3.92. The number of carbonyl (C=O) groups excluding carboxylic acids is 1. The Morgan fingerprint density at radius 1 is 0.955 bits per heavy atom. The summed E-state index contributed by atoms with van der Waals surface area (Å²) in [6, 6.07) is 12.0. The fraction of sp³-hybridized carbons (Fsp3) is 0.278. The van der Waals surface area contributed by atoms with Gasteiger partial charge in [0.15, 0.2) is 0 Å². The molecule has 1 aliphatic rings. The average Bonchev–Trinajstić information content (AvgIpc) is 2.98. The van der Waals surface area contributed by atoms with Crippen LogP contribution in [0.1, 0.15) is 31.2 Å². The number of carbonyl (C=O) groups is 1. The summed E-state index contributed by atoms with van der Waals surface area (Å²) >= 11 is 0. The number of amides is 1. The van der Waals surface area contributed by atoms with Gasteiger partial charge in [0, 0.05) is 5.69 Å². The first-order valence-corrected chi connectivity index (χ1v) is 7.43. The summed E-state index contributed by atoms with van der Waals surface area (Å²) in [4.78, 5) is 12.8. The first-order chi connectivity index (χ1) is 10.6. The molecule has 0 atom stereocenters. The van der Waals surface area contributed by atoms with Crippen LogP contribution in [0.3, 0.4) is 0 Å². The molecule has 1 amide bonds. The third-order valence-corrected chi connectivity index (χ3v) is 4.35. The van der Waals surface area contributed by atoms with Gasteiger partial charge in [-0.1, -0.05) is 31.0 Å². The highest BCUT2D eigenvalue weighted by Gasteiger charge is 2.42. The van der Waals surface area contributed by atoms with Crippen LogP contribution in [0.2, 0.25) is 0 Å². The normalized spacial score (nSPS) is 16.5. The molecule has 1 saturated carbocycles. The number of anilines is 1. The van der Waals surface area contributed by atoms with Crippen molar-refractivity contribution in [1.29, 1.82) is 0 Å². The SMILES string of the molecule is O=C(Nc1cccc(F)c1)C1(c2cccc(F)c2)CCCC1. The highest BCUT2D eigenvalue weighted by molar-refractivity contribution is 5.99. The molecule has 0 radical (unpaired) electrons. The van der Waals surface area contributed by atoms with Gasteiger partial charge in [0.1, 0.15) is 11.6 Å². The van der Waals surface area contributed by atoms with Crippen molar-refractivity contribution in [3.8, 4) is 0 Å². The van der Waals surface area contributed by atoms with Crippen molar-refractivity contribution in [1.82, 2.24) is 0 Å². The Morgan fingerprint density at radius 2 is 1.59 bits per heavy atom. The van der Waals surface area contributed by atoms with Crippen LogP contribution in [-0.4, -0.2) is 5.91 Å². The van der Waals surface area contributed by atoms with Gasteiger partial charge in [-0.25, -0.2) is 8.78 Å². The molecule has 114 valence electrons.